The van der Waals surface area contributed by atoms with Crippen LogP contribution in [0.5, 0.6) is 0 Å². The molecule has 0 aliphatic heterocycles. The molecule has 18 heavy (non-hydrogen) atoms. The number of nitrogens with one attached hydrogen (secondary N) is 1. The number of amides is 2. The van der Waals surface area contributed by atoms with Crippen LogP contribution in [0, 0.1) is 0 Å². The first kappa shape index (κ1) is 14.5. The zero-order valence-corrected chi connectivity index (χ0v) is 10.7. The molecule has 0 saturated heterocycles. The van der Waals surface area contributed by atoms with Gasteiger partial charge in [-0.05, 0) is 5.56 Å². The van der Waals surface area contributed by atoms with Crippen LogP contribution in [0.25, 0.3) is 0 Å². The summed E-state index contributed by atoms with van der Waals surface area (Å²) < 4.78 is 0. The Bertz CT molecular complexity index is 384. The first-order chi connectivity index (χ1) is 8.68. The summed E-state index contributed by atoms with van der Waals surface area (Å²) in [4.78, 5) is 26.8. The second-order valence-electron chi connectivity index (χ2n) is 3.57. The number of nitrogens with two attached hydrogens (primary N) is 1. The highest BCUT2D eigenvalue weighted by Gasteiger charge is 2.02. The maximum absolute atomic E-state index is 11.3. The second-order valence-corrected chi connectivity index (χ2v) is 4.67. The summed E-state index contributed by atoms with van der Waals surface area (Å²) in [5, 5.41) is 0. The molecular formula is C12H16N2O3S. The molecule has 0 radical (unpaired) electrons. The third kappa shape index (κ3) is 6.93. The predicted octanol–water partition coefficient (Wildman–Crippen LogP) is 0.843. The summed E-state index contributed by atoms with van der Waals surface area (Å²) in [5.41, 5.74) is 8.31. The number of rotatable bonds is 8. The molecule has 0 aliphatic carbocycles. The Kier molecular flexibility index (Phi) is 6.90. The maximum Gasteiger partial charge on any atom is 0.244 e. The lowest BCUT2D eigenvalue weighted by Gasteiger charge is -2.05. The molecule has 98 valence electrons. The van der Waals surface area contributed by atoms with E-state index in [0.717, 1.165) is 5.56 Å². The molecule has 0 bridgehead atoms. The predicted molar refractivity (Wildman–Crippen MR) is 70.5 cm³/mol. The van der Waals surface area contributed by atoms with Gasteiger partial charge in [0.15, 0.2) is 0 Å². The van der Waals surface area contributed by atoms with Crippen molar-refractivity contribution in [3.8, 4) is 0 Å². The van der Waals surface area contributed by atoms with Gasteiger partial charge in [-0.15, -0.1) is 0 Å². The van der Waals surface area contributed by atoms with Crippen molar-refractivity contribution in [3.05, 3.63) is 35.9 Å². The fourth-order valence-electron chi connectivity index (χ4n) is 1.16. The molecule has 0 aliphatic rings. The van der Waals surface area contributed by atoms with E-state index < -0.39 is 0 Å². The first-order valence-corrected chi connectivity index (χ1v) is 6.64. The van der Waals surface area contributed by atoms with Crippen LogP contribution in [-0.4, -0.2) is 23.3 Å². The van der Waals surface area contributed by atoms with Gasteiger partial charge >= 0.3 is 0 Å². The van der Waals surface area contributed by atoms with Crippen LogP contribution < -0.4 is 11.2 Å². The van der Waals surface area contributed by atoms with Gasteiger partial charge in [0.1, 0.15) is 0 Å². The summed E-state index contributed by atoms with van der Waals surface area (Å²) in [6.45, 7) is 0.334. The van der Waals surface area contributed by atoms with E-state index in [9.17, 15) is 9.59 Å². The number of hydroxylamine groups is 1. The monoisotopic (exact) mass is 268 g/mol. The first-order valence-electron chi connectivity index (χ1n) is 5.49. The molecule has 1 aromatic rings. The Balaban J connectivity index is 2.05. The van der Waals surface area contributed by atoms with Crippen molar-refractivity contribution < 1.29 is 14.4 Å². The normalized spacial score (nSPS) is 10.0. The van der Waals surface area contributed by atoms with Gasteiger partial charge in [0.25, 0.3) is 0 Å². The third-order valence-electron chi connectivity index (χ3n) is 1.99. The molecule has 0 fully saturated rings. The lowest BCUT2D eigenvalue weighted by atomic mass is 10.2. The van der Waals surface area contributed by atoms with Gasteiger partial charge in [0.2, 0.25) is 11.8 Å². The Morgan fingerprint density at radius 2 is 2.00 bits per heavy atom. The van der Waals surface area contributed by atoms with Crippen molar-refractivity contribution in [2.75, 3.05) is 11.5 Å². The van der Waals surface area contributed by atoms with Gasteiger partial charge in [-0.25, -0.2) is 5.48 Å². The molecule has 3 N–H and O–H groups in total. The Hall–Kier alpha value is -1.53. The summed E-state index contributed by atoms with van der Waals surface area (Å²) in [6.07, 6.45) is 0.298. The minimum atomic E-state index is -0.374. The highest BCUT2D eigenvalue weighted by Crippen LogP contribution is 2.02. The van der Waals surface area contributed by atoms with E-state index in [0.29, 0.717) is 18.8 Å². The molecule has 0 saturated carbocycles. The van der Waals surface area contributed by atoms with E-state index in [1.807, 2.05) is 30.3 Å². The van der Waals surface area contributed by atoms with E-state index in [1.54, 1.807) is 0 Å². The van der Waals surface area contributed by atoms with Gasteiger partial charge in [-0.3, -0.25) is 14.4 Å². The van der Waals surface area contributed by atoms with Crippen LogP contribution in [0.4, 0.5) is 0 Å². The minimum absolute atomic E-state index is 0.206. The highest BCUT2D eigenvalue weighted by molar-refractivity contribution is 7.99. The van der Waals surface area contributed by atoms with E-state index in [-0.39, 0.29) is 17.6 Å². The molecular weight excluding hydrogens is 252 g/mol. The summed E-state index contributed by atoms with van der Waals surface area (Å²) in [7, 11) is 0. The summed E-state index contributed by atoms with van der Waals surface area (Å²) in [5.74, 6) is 0.199. The van der Waals surface area contributed by atoms with Gasteiger partial charge in [0, 0.05) is 12.2 Å². The number of carbonyl (C=O) groups excluding carboxylic acids is 2. The minimum Gasteiger partial charge on any atom is -0.369 e. The lowest BCUT2D eigenvalue weighted by Crippen LogP contribution is -2.24. The molecule has 0 aromatic heterocycles. The van der Waals surface area contributed by atoms with Crippen LogP contribution >= 0.6 is 11.8 Å². The third-order valence-corrected chi connectivity index (χ3v) is 2.97. The number of primary amides is 1. The summed E-state index contributed by atoms with van der Waals surface area (Å²) >= 11 is 1.33. The average Bonchev–Trinajstić information content (AvgIpc) is 2.36. The van der Waals surface area contributed by atoms with Crippen molar-refractivity contribution in [2.24, 2.45) is 5.73 Å². The lowest BCUT2D eigenvalue weighted by molar-refractivity contribution is -0.134. The quantitative estimate of drug-likeness (QED) is 0.541. The van der Waals surface area contributed by atoms with E-state index >= 15 is 0 Å². The molecule has 6 heteroatoms. The fraction of sp³-hybridized carbons (Fsp3) is 0.333. The van der Waals surface area contributed by atoms with Crippen LogP contribution in [0.15, 0.2) is 30.3 Å². The molecule has 2 amide bonds. The SMILES string of the molecule is NC(=O)CSCCC(=O)NOCc1ccccc1. The van der Waals surface area contributed by atoms with Crippen LogP contribution in [0.1, 0.15) is 12.0 Å². The number of benzene rings is 1. The number of hydrogen-bond donors (Lipinski definition) is 2. The van der Waals surface area contributed by atoms with E-state index in [4.69, 9.17) is 10.6 Å². The fourth-order valence-corrected chi connectivity index (χ4v) is 1.84. The van der Waals surface area contributed by atoms with Gasteiger partial charge in [-0.2, -0.15) is 11.8 Å². The smallest absolute Gasteiger partial charge is 0.244 e. The second kappa shape index (κ2) is 8.54. The molecule has 0 unspecified atom stereocenters. The van der Waals surface area contributed by atoms with Crippen LogP contribution in [-0.2, 0) is 21.0 Å². The molecule has 5 nitrogen and oxygen atoms in total. The van der Waals surface area contributed by atoms with Crippen molar-refractivity contribution in [2.45, 2.75) is 13.0 Å². The Morgan fingerprint density at radius 3 is 2.67 bits per heavy atom. The number of carbonyl (C=O) groups is 2. The van der Waals surface area contributed by atoms with E-state index in [2.05, 4.69) is 5.48 Å². The molecule has 1 aromatic carbocycles. The zero-order chi connectivity index (χ0) is 13.2. The molecule has 1 rings (SSSR count). The Labute approximate surface area is 110 Å². The van der Waals surface area contributed by atoms with Crippen LogP contribution in [0.2, 0.25) is 0 Å². The largest absolute Gasteiger partial charge is 0.369 e. The maximum atomic E-state index is 11.3. The van der Waals surface area contributed by atoms with Crippen molar-refractivity contribution in [1.82, 2.24) is 5.48 Å². The average molecular weight is 268 g/mol. The highest BCUT2D eigenvalue weighted by atomic mass is 32.2. The van der Waals surface area contributed by atoms with E-state index in [1.165, 1.54) is 11.8 Å². The summed E-state index contributed by atoms with van der Waals surface area (Å²) in [6, 6.07) is 9.55. The van der Waals surface area contributed by atoms with Crippen molar-refractivity contribution in [1.29, 1.82) is 0 Å². The van der Waals surface area contributed by atoms with Gasteiger partial charge in [-0.1, -0.05) is 30.3 Å². The number of thioether (sulfide) groups is 1. The van der Waals surface area contributed by atoms with Gasteiger partial charge in [0.05, 0.1) is 12.4 Å². The van der Waals surface area contributed by atoms with Crippen molar-refractivity contribution >= 4 is 23.6 Å². The number of hydrogen-bond acceptors (Lipinski definition) is 4. The molecule has 0 heterocycles. The molecule has 0 spiro atoms. The topological polar surface area (TPSA) is 81.4 Å². The zero-order valence-electron chi connectivity index (χ0n) is 9.93. The van der Waals surface area contributed by atoms with Gasteiger partial charge < -0.3 is 5.73 Å². The Morgan fingerprint density at radius 1 is 1.28 bits per heavy atom. The molecule has 0 atom stereocenters. The van der Waals surface area contributed by atoms with Crippen LogP contribution in [0.3, 0.4) is 0 Å². The van der Waals surface area contributed by atoms with Crippen molar-refractivity contribution in [3.63, 3.8) is 0 Å². The standard InChI is InChI=1S/C12H16N2O3S/c13-11(15)9-18-7-6-12(16)14-17-8-10-4-2-1-3-5-10/h1-5H,6-9H2,(H2,13,15)(H,14,16).